The molecule has 2 aromatic heterocycles. The van der Waals surface area contributed by atoms with Gasteiger partial charge in [0.25, 0.3) is 5.56 Å². The summed E-state index contributed by atoms with van der Waals surface area (Å²) in [5.74, 6) is 0.348. The number of tetrazole rings is 1. The molecule has 1 unspecified atom stereocenters. The van der Waals surface area contributed by atoms with E-state index in [2.05, 4.69) is 49.3 Å². The van der Waals surface area contributed by atoms with E-state index in [1.807, 2.05) is 13.8 Å². The molecule has 0 radical (unpaired) electrons. The Kier molecular flexibility index (Phi) is 6.51. The number of nitrogens with zero attached hydrogens (tertiary/aromatic N) is 6. The predicted molar refractivity (Wildman–Crippen MR) is 135 cm³/mol. The number of carbonyl (C=O) groups is 1. The maximum absolute atomic E-state index is 13.3. The lowest BCUT2D eigenvalue weighted by Crippen LogP contribution is -2.36. The smallest absolute Gasteiger partial charge is 0.277 e. The van der Waals surface area contributed by atoms with E-state index in [0.717, 1.165) is 22.3 Å². The monoisotopic (exact) mass is 504 g/mol. The first-order chi connectivity index (χ1) is 17.4. The van der Waals surface area contributed by atoms with Crippen LogP contribution in [-0.4, -0.2) is 35.7 Å². The number of amides is 1. The number of nitrogens with one attached hydrogen (secondary N) is 2. The van der Waals surface area contributed by atoms with Crippen molar-refractivity contribution in [3.8, 4) is 5.69 Å². The summed E-state index contributed by atoms with van der Waals surface area (Å²) in [6.45, 7) is 4.78. The van der Waals surface area contributed by atoms with Crippen LogP contribution in [0.2, 0.25) is 5.02 Å². The molecule has 0 bridgehead atoms. The van der Waals surface area contributed by atoms with E-state index in [9.17, 15) is 9.59 Å². The minimum absolute atomic E-state index is 0.202. The molecule has 5 rings (SSSR count). The summed E-state index contributed by atoms with van der Waals surface area (Å²) in [7, 11) is 0. The molecule has 2 aromatic carbocycles. The minimum atomic E-state index is -0.640. The highest BCUT2D eigenvalue weighted by Crippen LogP contribution is 2.24. The van der Waals surface area contributed by atoms with E-state index in [-0.39, 0.29) is 18.0 Å². The van der Waals surface area contributed by atoms with Crippen molar-refractivity contribution in [3.63, 3.8) is 0 Å². The summed E-state index contributed by atoms with van der Waals surface area (Å²) in [4.78, 5) is 30.9. The molecule has 0 aliphatic carbocycles. The van der Waals surface area contributed by atoms with Gasteiger partial charge in [-0.05, 0) is 60.0 Å². The molecule has 4 aromatic rings. The molecule has 10 nitrogen and oxygen atoms in total. The lowest BCUT2D eigenvalue weighted by Gasteiger charge is -2.17. The van der Waals surface area contributed by atoms with Gasteiger partial charge < -0.3 is 10.6 Å². The highest BCUT2D eigenvalue weighted by molar-refractivity contribution is 6.30. The second kappa shape index (κ2) is 9.90. The van der Waals surface area contributed by atoms with E-state index in [0.29, 0.717) is 41.6 Å². The maximum atomic E-state index is 13.3. The molecular formula is C25H25ClN8O2. The number of benzene rings is 2. The van der Waals surface area contributed by atoms with Crippen LogP contribution in [0.25, 0.3) is 5.69 Å². The van der Waals surface area contributed by atoms with Crippen LogP contribution in [0.3, 0.4) is 0 Å². The molecule has 0 fully saturated rings. The molecule has 0 spiro atoms. The highest BCUT2D eigenvalue weighted by atomic mass is 35.5. The topological polar surface area (TPSA) is 120 Å². The standard InChI is InChI=1S/C25H25ClN8O2/c1-15-7-16(2)9-17(8-15)11-27-20-13-28-23-6-5-22(34(23)25(20)36)24(35)29-12-18-10-19(26)3-4-21(18)33-14-30-31-32-33/h3-4,7-10,13-14,22,27H,5-6,11-12H2,1-2H3,(H,29,35). The summed E-state index contributed by atoms with van der Waals surface area (Å²) >= 11 is 6.18. The van der Waals surface area contributed by atoms with Crippen LogP contribution in [0.15, 0.2) is 53.7 Å². The predicted octanol–water partition coefficient (Wildman–Crippen LogP) is 2.91. The fraction of sp³-hybridized carbons (Fsp3) is 0.280. The molecular weight excluding hydrogens is 480 g/mol. The van der Waals surface area contributed by atoms with Crippen LogP contribution in [0.5, 0.6) is 0 Å². The van der Waals surface area contributed by atoms with E-state index >= 15 is 0 Å². The van der Waals surface area contributed by atoms with E-state index in [1.54, 1.807) is 24.4 Å². The minimum Gasteiger partial charge on any atom is -0.375 e. The number of aromatic nitrogens is 6. The van der Waals surface area contributed by atoms with Gasteiger partial charge in [0, 0.05) is 24.5 Å². The maximum Gasteiger partial charge on any atom is 0.277 e. The molecule has 1 aliphatic rings. The van der Waals surface area contributed by atoms with Crippen LogP contribution in [-0.2, 0) is 24.3 Å². The van der Waals surface area contributed by atoms with Crippen LogP contribution in [0.4, 0.5) is 5.69 Å². The zero-order valence-electron chi connectivity index (χ0n) is 19.9. The van der Waals surface area contributed by atoms with Gasteiger partial charge in [0.2, 0.25) is 5.91 Å². The Hall–Kier alpha value is -4.05. The number of rotatable bonds is 7. The van der Waals surface area contributed by atoms with Gasteiger partial charge in [0.05, 0.1) is 11.9 Å². The Morgan fingerprint density at radius 2 is 1.94 bits per heavy atom. The first kappa shape index (κ1) is 23.7. The molecule has 3 heterocycles. The van der Waals surface area contributed by atoms with Crippen molar-refractivity contribution in [3.05, 3.63) is 92.4 Å². The Morgan fingerprint density at radius 3 is 2.69 bits per heavy atom. The lowest BCUT2D eigenvalue weighted by atomic mass is 10.1. The first-order valence-corrected chi connectivity index (χ1v) is 12.0. The largest absolute Gasteiger partial charge is 0.375 e. The molecule has 36 heavy (non-hydrogen) atoms. The van der Waals surface area contributed by atoms with Crippen molar-refractivity contribution in [1.82, 2.24) is 35.1 Å². The second-order valence-electron chi connectivity index (χ2n) is 8.91. The lowest BCUT2D eigenvalue weighted by molar-refractivity contribution is -0.124. The third kappa shape index (κ3) is 4.85. The number of carbonyl (C=O) groups excluding carboxylic acids is 1. The van der Waals surface area contributed by atoms with Gasteiger partial charge in [0.1, 0.15) is 23.9 Å². The number of fused-ring (bicyclic) bond motifs is 1. The van der Waals surface area contributed by atoms with Crippen molar-refractivity contribution in [2.45, 2.75) is 45.8 Å². The number of hydrogen-bond donors (Lipinski definition) is 2. The van der Waals surface area contributed by atoms with Crippen molar-refractivity contribution in [2.24, 2.45) is 0 Å². The normalized spacial score (nSPS) is 14.5. The van der Waals surface area contributed by atoms with Gasteiger partial charge in [-0.2, -0.15) is 0 Å². The average molecular weight is 505 g/mol. The van der Waals surface area contributed by atoms with Gasteiger partial charge in [-0.3, -0.25) is 14.2 Å². The summed E-state index contributed by atoms with van der Waals surface area (Å²) in [6.07, 6.45) is 4.09. The Bertz CT molecular complexity index is 1460. The third-order valence-electron chi connectivity index (χ3n) is 6.18. The first-order valence-electron chi connectivity index (χ1n) is 11.6. The van der Waals surface area contributed by atoms with E-state index in [1.165, 1.54) is 15.6 Å². The van der Waals surface area contributed by atoms with Crippen molar-refractivity contribution in [1.29, 1.82) is 0 Å². The van der Waals surface area contributed by atoms with Crippen molar-refractivity contribution >= 4 is 23.2 Å². The third-order valence-corrected chi connectivity index (χ3v) is 6.42. The van der Waals surface area contributed by atoms with Crippen LogP contribution < -0.4 is 16.2 Å². The summed E-state index contributed by atoms with van der Waals surface area (Å²) in [5.41, 5.74) is 4.97. The Morgan fingerprint density at radius 1 is 1.14 bits per heavy atom. The molecule has 1 atom stereocenters. The fourth-order valence-electron chi connectivity index (χ4n) is 4.63. The molecule has 1 aliphatic heterocycles. The van der Waals surface area contributed by atoms with E-state index < -0.39 is 6.04 Å². The molecule has 0 saturated carbocycles. The number of hydrogen-bond acceptors (Lipinski definition) is 7. The van der Waals surface area contributed by atoms with Crippen molar-refractivity contribution in [2.75, 3.05) is 5.32 Å². The zero-order valence-corrected chi connectivity index (χ0v) is 20.7. The number of halogens is 1. The van der Waals surface area contributed by atoms with Gasteiger partial charge in [0.15, 0.2) is 0 Å². The van der Waals surface area contributed by atoms with Crippen LogP contribution in [0, 0.1) is 13.8 Å². The second-order valence-corrected chi connectivity index (χ2v) is 9.35. The van der Waals surface area contributed by atoms with E-state index in [4.69, 9.17) is 11.6 Å². The molecule has 0 saturated heterocycles. The molecule has 184 valence electrons. The fourth-order valence-corrected chi connectivity index (χ4v) is 4.83. The quantitative estimate of drug-likeness (QED) is 0.397. The number of anilines is 1. The Labute approximate surface area is 212 Å². The molecule has 11 heteroatoms. The number of aryl methyl sites for hydroxylation is 3. The SMILES string of the molecule is Cc1cc(C)cc(CNc2cnc3n(c2=O)C(C(=O)NCc2cc(Cl)ccc2-n2cnnn2)CC3)c1. The molecule has 1 amide bonds. The van der Waals surface area contributed by atoms with Gasteiger partial charge >= 0.3 is 0 Å². The zero-order chi connectivity index (χ0) is 25.2. The van der Waals surface area contributed by atoms with Gasteiger partial charge in [-0.1, -0.05) is 40.9 Å². The summed E-state index contributed by atoms with van der Waals surface area (Å²) in [6, 6.07) is 10.9. The van der Waals surface area contributed by atoms with Gasteiger partial charge in [-0.15, -0.1) is 5.10 Å². The summed E-state index contributed by atoms with van der Waals surface area (Å²) < 4.78 is 3.00. The van der Waals surface area contributed by atoms with Crippen molar-refractivity contribution < 1.29 is 4.79 Å². The average Bonchev–Trinajstić information content (AvgIpc) is 3.52. The Balaban J connectivity index is 1.32. The summed E-state index contributed by atoms with van der Waals surface area (Å²) in [5, 5.41) is 17.9. The van der Waals surface area contributed by atoms with Gasteiger partial charge in [-0.25, -0.2) is 9.67 Å². The highest BCUT2D eigenvalue weighted by Gasteiger charge is 2.31. The van der Waals surface area contributed by atoms with Crippen LogP contribution in [0.1, 0.15) is 40.5 Å². The molecule has 2 N–H and O–H groups in total. The van der Waals surface area contributed by atoms with Crippen LogP contribution >= 0.6 is 11.6 Å².